The molecule has 3 aromatic rings. The molecule has 17 heavy (non-hydrogen) atoms. The molecule has 1 aromatic heterocycles. The monoisotopic (exact) mass is 240 g/mol. The lowest BCUT2D eigenvalue weighted by atomic mass is 10.0. The topological polar surface area (TPSA) is 13.1 Å². The molecular formula is C15H13OP. The normalized spacial score (nSPS) is 11.4. The molecule has 0 atom stereocenters. The molecule has 2 heteroatoms. The molecule has 2 aromatic carbocycles. The third kappa shape index (κ3) is 1.77. The molecule has 1 nitrogen and oxygen atoms in total. The molecule has 84 valence electrons. The standard InChI is InChI=1S/C15H13OP/c1-10-6-5-7-11(2)14(10)15-16-12-8-3-4-9-13(12)17-15/h3-9H,1-2H3. The van der Waals surface area contributed by atoms with Crippen molar-refractivity contribution in [1.82, 2.24) is 0 Å². The number of benzene rings is 2. The summed E-state index contributed by atoms with van der Waals surface area (Å²) in [5.41, 5.74) is 5.86. The van der Waals surface area contributed by atoms with Crippen LogP contribution in [0.4, 0.5) is 0 Å². The first-order valence-corrected chi connectivity index (χ1v) is 6.57. The van der Waals surface area contributed by atoms with E-state index in [0.29, 0.717) is 0 Å². The van der Waals surface area contributed by atoms with Crippen molar-refractivity contribution < 1.29 is 4.42 Å². The van der Waals surface area contributed by atoms with E-state index in [1.54, 1.807) is 0 Å². The largest absolute Gasteiger partial charge is 0.451 e. The summed E-state index contributed by atoms with van der Waals surface area (Å²) in [5.74, 6) is 0. The first-order chi connectivity index (χ1) is 8.25. The number of hydrogen-bond acceptors (Lipinski definition) is 1. The molecule has 0 spiro atoms. The Morgan fingerprint density at radius 2 is 1.59 bits per heavy atom. The van der Waals surface area contributed by atoms with Crippen LogP contribution in [0.3, 0.4) is 0 Å². The van der Waals surface area contributed by atoms with Crippen molar-refractivity contribution in [3.05, 3.63) is 53.6 Å². The highest BCUT2D eigenvalue weighted by molar-refractivity contribution is 7.40. The van der Waals surface area contributed by atoms with Crippen LogP contribution in [0.5, 0.6) is 0 Å². The Bertz CT molecular complexity index is 629. The van der Waals surface area contributed by atoms with Crippen molar-refractivity contribution in [3.63, 3.8) is 0 Å². The van der Waals surface area contributed by atoms with Crippen LogP contribution >= 0.6 is 8.19 Å². The SMILES string of the molecule is Cc1cccc(C)c1-c1oc2ccccc2p1. The minimum Gasteiger partial charge on any atom is -0.451 e. The van der Waals surface area contributed by atoms with Gasteiger partial charge in [-0.2, -0.15) is 0 Å². The summed E-state index contributed by atoms with van der Waals surface area (Å²) in [4.78, 5) is 0. The van der Waals surface area contributed by atoms with Gasteiger partial charge >= 0.3 is 0 Å². The van der Waals surface area contributed by atoms with Gasteiger partial charge in [-0.05, 0) is 45.3 Å². The molecule has 0 N–H and O–H groups in total. The van der Waals surface area contributed by atoms with Gasteiger partial charge in [0.15, 0.2) is 5.49 Å². The van der Waals surface area contributed by atoms with Crippen LogP contribution < -0.4 is 0 Å². The Morgan fingerprint density at radius 1 is 0.882 bits per heavy atom. The summed E-state index contributed by atoms with van der Waals surface area (Å²) in [6.45, 7) is 4.27. The van der Waals surface area contributed by atoms with Gasteiger partial charge in [0.1, 0.15) is 5.58 Å². The maximum absolute atomic E-state index is 5.96. The molecule has 0 saturated heterocycles. The summed E-state index contributed by atoms with van der Waals surface area (Å²) in [6, 6.07) is 14.6. The maximum atomic E-state index is 5.96. The summed E-state index contributed by atoms with van der Waals surface area (Å²) in [7, 11) is 1.17. The van der Waals surface area contributed by atoms with Gasteiger partial charge in [0.05, 0.1) is 0 Å². The number of hydrogen-bond donors (Lipinski definition) is 0. The Kier molecular flexibility index (Phi) is 2.49. The highest BCUT2D eigenvalue weighted by atomic mass is 31.0. The molecule has 0 aliphatic carbocycles. The number of rotatable bonds is 1. The minimum absolute atomic E-state index is 0.992. The highest BCUT2D eigenvalue weighted by Crippen LogP contribution is 2.40. The Balaban J connectivity index is 2.27. The van der Waals surface area contributed by atoms with Gasteiger partial charge in [-0.15, -0.1) is 0 Å². The number of fused-ring (bicyclic) bond motifs is 1. The van der Waals surface area contributed by atoms with Gasteiger partial charge in [0.2, 0.25) is 0 Å². The average Bonchev–Trinajstić information content (AvgIpc) is 2.71. The van der Waals surface area contributed by atoms with E-state index < -0.39 is 0 Å². The van der Waals surface area contributed by atoms with Crippen molar-refractivity contribution in [1.29, 1.82) is 0 Å². The summed E-state index contributed by atoms with van der Waals surface area (Å²) < 4.78 is 5.96. The zero-order chi connectivity index (χ0) is 11.8. The molecule has 0 bridgehead atoms. The van der Waals surface area contributed by atoms with Gasteiger partial charge in [0, 0.05) is 10.7 Å². The third-order valence-corrected chi connectivity index (χ3v) is 4.12. The van der Waals surface area contributed by atoms with Crippen molar-refractivity contribution in [2.24, 2.45) is 0 Å². The highest BCUT2D eigenvalue weighted by Gasteiger charge is 2.11. The molecule has 0 aliphatic rings. The van der Waals surface area contributed by atoms with E-state index >= 15 is 0 Å². The lowest BCUT2D eigenvalue weighted by Crippen LogP contribution is -1.83. The molecular weight excluding hydrogens is 227 g/mol. The second-order valence-corrected chi connectivity index (χ2v) is 5.37. The molecule has 3 rings (SSSR count). The fourth-order valence-corrected chi connectivity index (χ4v) is 3.35. The molecule has 0 fully saturated rings. The molecule has 0 radical (unpaired) electrons. The van der Waals surface area contributed by atoms with Gasteiger partial charge in [-0.25, -0.2) is 0 Å². The lowest BCUT2D eigenvalue weighted by molar-refractivity contribution is 0.638. The smallest absolute Gasteiger partial charge is 0.161 e. The van der Waals surface area contributed by atoms with Crippen molar-refractivity contribution in [2.45, 2.75) is 13.8 Å². The van der Waals surface area contributed by atoms with Crippen molar-refractivity contribution in [3.8, 4) is 11.1 Å². The first-order valence-electron chi connectivity index (χ1n) is 5.68. The van der Waals surface area contributed by atoms with Crippen LogP contribution in [-0.4, -0.2) is 0 Å². The Hall–Kier alpha value is -1.59. The van der Waals surface area contributed by atoms with E-state index in [0.717, 1.165) is 11.1 Å². The van der Waals surface area contributed by atoms with Crippen molar-refractivity contribution in [2.75, 3.05) is 0 Å². The van der Waals surface area contributed by atoms with E-state index in [1.807, 2.05) is 12.1 Å². The second kappa shape index (κ2) is 4.01. The Labute approximate surface area is 102 Å². The third-order valence-electron chi connectivity index (χ3n) is 2.99. The molecule has 0 unspecified atom stereocenters. The van der Waals surface area contributed by atoms with Gasteiger partial charge in [0.25, 0.3) is 0 Å². The van der Waals surface area contributed by atoms with E-state index in [1.165, 1.54) is 30.0 Å². The van der Waals surface area contributed by atoms with Gasteiger partial charge in [-0.3, -0.25) is 0 Å². The van der Waals surface area contributed by atoms with E-state index in [-0.39, 0.29) is 0 Å². The number of aryl methyl sites for hydroxylation is 2. The first kappa shape index (κ1) is 10.6. The van der Waals surface area contributed by atoms with E-state index in [4.69, 9.17) is 4.42 Å². The quantitative estimate of drug-likeness (QED) is 0.562. The minimum atomic E-state index is 0.992. The van der Waals surface area contributed by atoms with Gasteiger partial charge in [-0.1, -0.05) is 30.3 Å². The van der Waals surface area contributed by atoms with Crippen LogP contribution in [0.15, 0.2) is 46.9 Å². The van der Waals surface area contributed by atoms with E-state index in [9.17, 15) is 0 Å². The maximum Gasteiger partial charge on any atom is 0.161 e. The Morgan fingerprint density at radius 3 is 2.29 bits per heavy atom. The molecule has 1 heterocycles. The van der Waals surface area contributed by atoms with Crippen LogP contribution in [0, 0.1) is 13.8 Å². The van der Waals surface area contributed by atoms with Crippen molar-refractivity contribution >= 4 is 18.9 Å². The zero-order valence-electron chi connectivity index (χ0n) is 9.90. The molecule has 0 amide bonds. The van der Waals surface area contributed by atoms with Crippen LogP contribution in [0.2, 0.25) is 0 Å². The van der Waals surface area contributed by atoms with Gasteiger partial charge < -0.3 is 4.42 Å². The molecule has 0 saturated carbocycles. The van der Waals surface area contributed by atoms with E-state index in [2.05, 4.69) is 44.2 Å². The zero-order valence-corrected chi connectivity index (χ0v) is 10.8. The van der Waals surface area contributed by atoms with Crippen LogP contribution in [0.1, 0.15) is 11.1 Å². The fourth-order valence-electron chi connectivity index (χ4n) is 2.13. The van der Waals surface area contributed by atoms with Crippen LogP contribution in [0.25, 0.3) is 21.8 Å². The summed E-state index contributed by atoms with van der Waals surface area (Å²) in [6.07, 6.45) is 0. The average molecular weight is 240 g/mol. The predicted octanol–water partition coefficient (Wildman–Crippen LogP) is 5.30. The predicted molar refractivity (Wildman–Crippen MR) is 73.6 cm³/mol. The van der Waals surface area contributed by atoms with Crippen LogP contribution in [-0.2, 0) is 0 Å². The lowest BCUT2D eigenvalue weighted by Gasteiger charge is -2.05. The summed E-state index contributed by atoms with van der Waals surface area (Å²) >= 11 is 0. The molecule has 0 aliphatic heterocycles. The number of para-hydroxylation sites is 1. The second-order valence-electron chi connectivity index (χ2n) is 4.25. The fraction of sp³-hybridized carbons (Fsp3) is 0.133. The summed E-state index contributed by atoms with van der Waals surface area (Å²) in [5, 5.41) is 1.25.